The molecule has 134 valence electrons. The monoisotopic (exact) mass is 352 g/mol. The maximum absolute atomic E-state index is 11.8. The van der Waals surface area contributed by atoms with Crippen molar-refractivity contribution in [2.75, 3.05) is 20.0 Å². The van der Waals surface area contributed by atoms with Gasteiger partial charge >= 0.3 is 5.97 Å². The molecule has 0 saturated carbocycles. The number of nitrogens with two attached hydrogens (primary N) is 1. The second kappa shape index (κ2) is 7.35. The highest BCUT2D eigenvalue weighted by atomic mass is 16.5. The number of hydrogen-bond acceptors (Lipinski definition) is 7. The van der Waals surface area contributed by atoms with Gasteiger partial charge in [-0.25, -0.2) is 19.7 Å². The average molecular weight is 352 g/mol. The number of aryl methyl sites for hydroxylation is 1. The maximum Gasteiger partial charge on any atom is 0.341 e. The number of nitrogens with zero attached hydrogens (tertiary/aromatic N) is 3. The Morgan fingerprint density at radius 2 is 1.92 bits per heavy atom. The molecule has 0 radical (unpaired) electrons. The molecule has 0 amide bonds. The maximum atomic E-state index is 11.8. The number of carbonyl (C=O) groups is 1. The normalized spacial score (nSPS) is 10.7. The molecule has 0 bridgehead atoms. The predicted octanol–water partition coefficient (Wildman–Crippen LogP) is 3.02. The molecule has 2 N–H and O–H groups in total. The van der Waals surface area contributed by atoms with Crippen LogP contribution in [0.1, 0.15) is 29.4 Å². The summed E-state index contributed by atoms with van der Waals surface area (Å²) in [5.74, 6) is 0.229. The summed E-state index contributed by atoms with van der Waals surface area (Å²) < 4.78 is 10.1. The predicted molar refractivity (Wildman–Crippen MR) is 99.1 cm³/mol. The number of pyridine rings is 1. The quantitative estimate of drug-likeness (QED) is 0.704. The molecule has 0 saturated heterocycles. The highest BCUT2D eigenvalue weighted by Gasteiger charge is 2.15. The molecule has 7 heteroatoms. The fourth-order valence-corrected chi connectivity index (χ4v) is 2.80. The Morgan fingerprint density at radius 1 is 1.12 bits per heavy atom. The van der Waals surface area contributed by atoms with Gasteiger partial charge < -0.3 is 15.2 Å². The summed E-state index contributed by atoms with van der Waals surface area (Å²) in [6.07, 6.45) is 1.70. The number of nitrogen functional groups attached to an aromatic ring is 1. The summed E-state index contributed by atoms with van der Waals surface area (Å²) in [6.45, 7) is 2.07. The molecule has 0 fully saturated rings. The van der Waals surface area contributed by atoms with Crippen LogP contribution in [0.25, 0.3) is 22.3 Å². The Morgan fingerprint density at radius 3 is 2.62 bits per heavy atom. The first-order valence-electron chi connectivity index (χ1n) is 8.27. The summed E-state index contributed by atoms with van der Waals surface area (Å²) >= 11 is 0. The van der Waals surface area contributed by atoms with Gasteiger partial charge in [-0.3, -0.25) is 0 Å². The molecule has 3 rings (SSSR count). The lowest BCUT2D eigenvalue weighted by atomic mass is 10.1. The number of carbonyl (C=O) groups excluding carboxylic acids is 1. The topological polar surface area (TPSA) is 100 Å². The minimum atomic E-state index is -0.450. The highest BCUT2D eigenvalue weighted by Crippen LogP contribution is 2.28. The van der Waals surface area contributed by atoms with E-state index in [0.717, 1.165) is 35.3 Å². The average Bonchev–Trinajstić information content (AvgIpc) is 2.66. The van der Waals surface area contributed by atoms with Gasteiger partial charge in [0, 0.05) is 5.56 Å². The molecular formula is C19H20N4O3. The second-order valence-electron chi connectivity index (χ2n) is 5.75. The lowest BCUT2D eigenvalue weighted by Crippen LogP contribution is -2.04. The van der Waals surface area contributed by atoms with Crippen molar-refractivity contribution >= 4 is 23.0 Å². The molecule has 0 unspecified atom stereocenters. The van der Waals surface area contributed by atoms with E-state index in [1.165, 1.54) is 14.2 Å². The lowest BCUT2D eigenvalue weighted by Gasteiger charge is -2.10. The van der Waals surface area contributed by atoms with Gasteiger partial charge in [-0.2, -0.15) is 0 Å². The van der Waals surface area contributed by atoms with Crippen LogP contribution in [-0.2, 0) is 11.2 Å². The second-order valence-corrected chi connectivity index (χ2v) is 5.75. The Hall–Kier alpha value is -3.22. The number of anilines is 1. The third-order valence-electron chi connectivity index (χ3n) is 4.02. The summed E-state index contributed by atoms with van der Waals surface area (Å²) in [5, 5.41) is 0. The molecule has 0 atom stereocenters. The first kappa shape index (κ1) is 17.6. The SMILES string of the molecule is CCCc1nc(N)nc2ccc(-c3ccc(C(=O)OC)c(OC)c3)nc12. The van der Waals surface area contributed by atoms with Gasteiger partial charge in [-0.1, -0.05) is 19.4 Å². The van der Waals surface area contributed by atoms with E-state index < -0.39 is 5.97 Å². The van der Waals surface area contributed by atoms with E-state index in [1.54, 1.807) is 18.2 Å². The van der Waals surface area contributed by atoms with Gasteiger partial charge in [0.15, 0.2) is 0 Å². The first-order chi connectivity index (χ1) is 12.6. The van der Waals surface area contributed by atoms with Gasteiger partial charge in [0.05, 0.1) is 31.1 Å². The van der Waals surface area contributed by atoms with Gasteiger partial charge in [-0.15, -0.1) is 0 Å². The number of rotatable bonds is 5. The fourth-order valence-electron chi connectivity index (χ4n) is 2.80. The zero-order chi connectivity index (χ0) is 18.7. The summed E-state index contributed by atoms with van der Waals surface area (Å²) in [5.41, 5.74) is 9.97. The Bertz CT molecular complexity index is 972. The number of aromatic nitrogens is 3. The largest absolute Gasteiger partial charge is 0.496 e. The lowest BCUT2D eigenvalue weighted by molar-refractivity contribution is 0.0597. The van der Waals surface area contributed by atoms with Gasteiger partial charge in [0.1, 0.15) is 16.8 Å². The molecule has 0 aliphatic heterocycles. The standard InChI is InChI=1S/C19H20N4O3/c1-4-5-14-17-15(23-19(20)22-14)9-8-13(21-17)11-6-7-12(18(24)26-3)16(10-11)25-2/h6-10H,4-5H2,1-3H3,(H2,20,22,23). The molecule has 7 nitrogen and oxygen atoms in total. The van der Waals surface area contributed by atoms with Gasteiger partial charge in [0.25, 0.3) is 0 Å². The van der Waals surface area contributed by atoms with E-state index >= 15 is 0 Å². The van der Waals surface area contributed by atoms with Gasteiger partial charge in [-0.05, 0) is 30.7 Å². The van der Waals surface area contributed by atoms with Crippen molar-refractivity contribution in [2.24, 2.45) is 0 Å². The minimum absolute atomic E-state index is 0.250. The van der Waals surface area contributed by atoms with E-state index in [0.29, 0.717) is 16.8 Å². The van der Waals surface area contributed by atoms with E-state index in [-0.39, 0.29) is 5.95 Å². The molecule has 3 aromatic rings. The smallest absolute Gasteiger partial charge is 0.341 e. The minimum Gasteiger partial charge on any atom is -0.496 e. The molecular weight excluding hydrogens is 332 g/mol. The van der Waals surface area contributed by atoms with Crippen LogP contribution < -0.4 is 10.5 Å². The van der Waals surface area contributed by atoms with Crippen LogP contribution in [-0.4, -0.2) is 35.1 Å². The van der Waals surface area contributed by atoms with Crippen molar-refractivity contribution < 1.29 is 14.3 Å². The number of benzene rings is 1. The van der Waals surface area contributed by atoms with Crippen molar-refractivity contribution in [3.63, 3.8) is 0 Å². The van der Waals surface area contributed by atoms with Crippen molar-refractivity contribution in [3.8, 4) is 17.0 Å². The van der Waals surface area contributed by atoms with Crippen LogP contribution in [0, 0.1) is 0 Å². The molecule has 2 heterocycles. The van der Waals surface area contributed by atoms with Gasteiger partial charge in [0.2, 0.25) is 5.95 Å². The zero-order valence-electron chi connectivity index (χ0n) is 14.9. The summed E-state index contributed by atoms with van der Waals surface area (Å²) in [6, 6.07) is 8.96. The molecule has 0 spiro atoms. The van der Waals surface area contributed by atoms with Crippen molar-refractivity contribution in [2.45, 2.75) is 19.8 Å². The van der Waals surface area contributed by atoms with Crippen molar-refractivity contribution in [1.82, 2.24) is 15.0 Å². The molecule has 2 aromatic heterocycles. The van der Waals surface area contributed by atoms with Crippen LogP contribution in [0.5, 0.6) is 5.75 Å². The summed E-state index contributed by atoms with van der Waals surface area (Å²) in [7, 11) is 2.84. The Balaban J connectivity index is 2.12. The number of fused-ring (bicyclic) bond motifs is 1. The number of hydrogen-bond donors (Lipinski definition) is 1. The van der Waals surface area contributed by atoms with Crippen LogP contribution in [0.2, 0.25) is 0 Å². The van der Waals surface area contributed by atoms with Crippen LogP contribution in [0.15, 0.2) is 30.3 Å². The van der Waals surface area contributed by atoms with E-state index in [9.17, 15) is 4.79 Å². The Kier molecular flexibility index (Phi) is 4.97. The van der Waals surface area contributed by atoms with E-state index in [4.69, 9.17) is 20.2 Å². The van der Waals surface area contributed by atoms with Crippen LogP contribution >= 0.6 is 0 Å². The van der Waals surface area contributed by atoms with Crippen molar-refractivity contribution in [1.29, 1.82) is 0 Å². The van der Waals surface area contributed by atoms with Crippen molar-refractivity contribution in [3.05, 3.63) is 41.6 Å². The number of esters is 1. The van der Waals surface area contributed by atoms with E-state index in [1.807, 2.05) is 12.1 Å². The Labute approximate surface area is 151 Å². The highest BCUT2D eigenvalue weighted by molar-refractivity contribution is 5.93. The zero-order valence-corrected chi connectivity index (χ0v) is 14.9. The number of ether oxygens (including phenoxy) is 2. The van der Waals surface area contributed by atoms with Crippen LogP contribution in [0.4, 0.5) is 5.95 Å². The number of methoxy groups -OCH3 is 2. The first-order valence-corrected chi connectivity index (χ1v) is 8.27. The molecule has 0 aliphatic rings. The molecule has 0 aliphatic carbocycles. The molecule has 1 aromatic carbocycles. The third kappa shape index (κ3) is 3.28. The summed E-state index contributed by atoms with van der Waals surface area (Å²) in [4.78, 5) is 25.1. The van der Waals surface area contributed by atoms with Crippen LogP contribution in [0.3, 0.4) is 0 Å². The third-order valence-corrected chi connectivity index (χ3v) is 4.02. The molecule has 26 heavy (non-hydrogen) atoms. The fraction of sp³-hybridized carbons (Fsp3) is 0.263. The van der Waals surface area contributed by atoms with E-state index in [2.05, 4.69) is 16.9 Å².